The molecule has 1 heterocycles. The van der Waals surface area contributed by atoms with Crippen molar-refractivity contribution in [2.75, 3.05) is 5.32 Å². The third-order valence-electron chi connectivity index (χ3n) is 3.81. The molecule has 0 aliphatic heterocycles. The molecule has 2 aromatic rings. The Morgan fingerprint density at radius 3 is 2.79 bits per heavy atom. The van der Waals surface area contributed by atoms with E-state index >= 15 is 0 Å². The highest BCUT2D eigenvalue weighted by Crippen LogP contribution is 2.27. The van der Waals surface area contributed by atoms with Gasteiger partial charge in [-0.15, -0.1) is 10.2 Å². The fourth-order valence-corrected chi connectivity index (χ4v) is 2.68. The van der Waals surface area contributed by atoms with E-state index in [-0.39, 0.29) is 0 Å². The quantitative estimate of drug-likeness (QED) is 0.908. The van der Waals surface area contributed by atoms with Gasteiger partial charge in [0.2, 0.25) is 12.3 Å². The predicted molar refractivity (Wildman–Crippen MR) is 75.0 cm³/mol. The van der Waals surface area contributed by atoms with Gasteiger partial charge in [0, 0.05) is 17.3 Å². The molecule has 0 spiro atoms. The molecule has 0 radical (unpaired) electrons. The molecule has 4 nitrogen and oxygen atoms in total. The van der Waals surface area contributed by atoms with E-state index in [1.165, 1.54) is 49.7 Å². The molecule has 1 aromatic carbocycles. The summed E-state index contributed by atoms with van der Waals surface area (Å²) >= 11 is 0. The fourth-order valence-electron chi connectivity index (χ4n) is 2.68. The van der Waals surface area contributed by atoms with E-state index in [4.69, 9.17) is 4.42 Å². The van der Waals surface area contributed by atoms with Crippen LogP contribution in [-0.4, -0.2) is 16.2 Å². The highest BCUT2D eigenvalue weighted by molar-refractivity contribution is 5.64. The van der Waals surface area contributed by atoms with Crippen LogP contribution in [0.1, 0.15) is 37.7 Å². The van der Waals surface area contributed by atoms with Gasteiger partial charge >= 0.3 is 0 Å². The van der Waals surface area contributed by atoms with Crippen molar-refractivity contribution < 1.29 is 4.42 Å². The van der Waals surface area contributed by atoms with Gasteiger partial charge in [-0.1, -0.05) is 25.3 Å². The van der Waals surface area contributed by atoms with Crippen molar-refractivity contribution in [1.29, 1.82) is 0 Å². The highest BCUT2D eigenvalue weighted by atomic mass is 16.4. The molecule has 1 aliphatic carbocycles. The van der Waals surface area contributed by atoms with Gasteiger partial charge in [0.15, 0.2) is 0 Å². The maximum atomic E-state index is 5.25. The molecule has 0 saturated heterocycles. The van der Waals surface area contributed by atoms with Gasteiger partial charge in [-0.05, 0) is 37.5 Å². The molecule has 1 N–H and O–H groups in total. The van der Waals surface area contributed by atoms with E-state index in [0.717, 1.165) is 5.56 Å². The van der Waals surface area contributed by atoms with E-state index in [1.54, 1.807) is 0 Å². The van der Waals surface area contributed by atoms with Gasteiger partial charge in [0.25, 0.3) is 0 Å². The average Bonchev–Trinajstić information content (AvgIpc) is 2.96. The lowest BCUT2D eigenvalue weighted by Gasteiger charge is -2.25. The first-order valence-corrected chi connectivity index (χ1v) is 6.96. The number of hydrogen-bond acceptors (Lipinski definition) is 4. The van der Waals surface area contributed by atoms with Gasteiger partial charge in [0.1, 0.15) is 0 Å². The smallest absolute Gasteiger partial charge is 0.247 e. The second kappa shape index (κ2) is 5.43. The Morgan fingerprint density at radius 2 is 2.05 bits per heavy atom. The summed E-state index contributed by atoms with van der Waals surface area (Å²) in [5.74, 6) is 0.576. The van der Waals surface area contributed by atoms with Crippen molar-refractivity contribution in [2.45, 2.75) is 45.1 Å². The summed E-state index contributed by atoms with van der Waals surface area (Å²) in [5, 5.41) is 11.4. The molecule has 1 fully saturated rings. The third kappa shape index (κ3) is 2.78. The van der Waals surface area contributed by atoms with Gasteiger partial charge in [-0.2, -0.15) is 0 Å². The predicted octanol–water partition coefficient (Wildman–Crippen LogP) is 3.79. The van der Waals surface area contributed by atoms with E-state index in [1.807, 2.05) is 6.07 Å². The Balaban J connectivity index is 1.81. The van der Waals surface area contributed by atoms with E-state index in [9.17, 15) is 0 Å². The molecule has 0 amide bonds. The van der Waals surface area contributed by atoms with Crippen molar-refractivity contribution in [3.63, 3.8) is 0 Å². The van der Waals surface area contributed by atoms with E-state index < -0.39 is 0 Å². The van der Waals surface area contributed by atoms with Crippen LogP contribution in [0.4, 0.5) is 5.69 Å². The van der Waals surface area contributed by atoms with Crippen LogP contribution in [0.5, 0.6) is 0 Å². The molecular weight excluding hydrogens is 238 g/mol. The van der Waals surface area contributed by atoms with Gasteiger partial charge in [0.05, 0.1) is 0 Å². The maximum Gasteiger partial charge on any atom is 0.247 e. The largest absolute Gasteiger partial charge is 0.423 e. The summed E-state index contributed by atoms with van der Waals surface area (Å²) in [6, 6.07) is 6.84. The number of hydrogen-bond donors (Lipinski definition) is 1. The van der Waals surface area contributed by atoms with Gasteiger partial charge < -0.3 is 9.73 Å². The van der Waals surface area contributed by atoms with Crippen molar-refractivity contribution in [3.05, 3.63) is 30.2 Å². The van der Waals surface area contributed by atoms with Crippen LogP contribution in [0.2, 0.25) is 0 Å². The van der Waals surface area contributed by atoms with Crippen molar-refractivity contribution in [1.82, 2.24) is 10.2 Å². The van der Waals surface area contributed by atoms with Crippen LogP contribution < -0.4 is 5.32 Å². The van der Waals surface area contributed by atoms with Crippen LogP contribution in [-0.2, 0) is 0 Å². The molecule has 1 aromatic heterocycles. The summed E-state index contributed by atoms with van der Waals surface area (Å²) in [6.07, 6.45) is 7.94. The molecule has 0 atom stereocenters. The second-order valence-corrected chi connectivity index (χ2v) is 5.25. The Morgan fingerprint density at radius 1 is 1.21 bits per heavy atom. The Bertz CT molecular complexity index is 530. The molecule has 3 rings (SSSR count). The fraction of sp³-hybridized carbons (Fsp3) is 0.467. The minimum Gasteiger partial charge on any atom is -0.423 e. The molecule has 0 unspecified atom stereocenters. The number of benzene rings is 1. The Labute approximate surface area is 113 Å². The number of rotatable bonds is 3. The number of aromatic nitrogens is 2. The number of nitrogens with one attached hydrogen (secondary N) is 1. The van der Waals surface area contributed by atoms with Crippen molar-refractivity contribution in [3.8, 4) is 11.5 Å². The minimum absolute atomic E-state index is 0.576. The maximum absolute atomic E-state index is 5.25. The first-order valence-electron chi connectivity index (χ1n) is 6.96. The molecule has 1 saturated carbocycles. The molecule has 4 heteroatoms. The Hall–Kier alpha value is -1.84. The van der Waals surface area contributed by atoms with Crippen LogP contribution in [0.15, 0.2) is 29.0 Å². The number of anilines is 1. The molecule has 19 heavy (non-hydrogen) atoms. The van der Waals surface area contributed by atoms with E-state index in [2.05, 4.69) is 34.6 Å². The zero-order valence-corrected chi connectivity index (χ0v) is 11.2. The number of aryl methyl sites for hydroxylation is 1. The first-order chi connectivity index (χ1) is 9.33. The monoisotopic (exact) mass is 257 g/mol. The lowest BCUT2D eigenvalue weighted by molar-refractivity contribution is 0.462. The summed E-state index contributed by atoms with van der Waals surface area (Å²) < 4.78 is 5.25. The van der Waals surface area contributed by atoms with Crippen molar-refractivity contribution >= 4 is 5.69 Å². The zero-order chi connectivity index (χ0) is 13.1. The van der Waals surface area contributed by atoms with Crippen molar-refractivity contribution in [2.24, 2.45) is 0 Å². The lowest BCUT2D eigenvalue weighted by atomic mass is 9.95. The zero-order valence-electron chi connectivity index (χ0n) is 11.2. The van der Waals surface area contributed by atoms with Gasteiger partial charge in [-0.3, -0.25) is 0 Å². The van der Waals surface area contributed by atoms with Crippen LogP contribution in [0.25, 0.3) is 11.5 Å². The van der Waals surface area contributed by atoms with Crippen LogP contribution in [0.3, 0.4) is 0 Å². The van der Waals surface area contributed by atoms with Gasteiger partial charge in [-0.25, -0.2) is 0 Å². The second-order valence-electron chi connectivity index (χ2n) is 5.25. The normalized spacial score (nSPS) is 16.5. The van der Waals surface area contributed by atoms with Crippen LogP contribution >= 0.6 is 0 Å². The summed E-state index contributed by atoms with van der Waals surface area (Å²) in [4.78, 5) is 0. The summed E-state index contributed by atoms with van der Waals surface area (Å²) in [7, 11) is 0. The van der Waals surface area contributed by atoms with E-state index in [0.29, 0.717) is 11.9 Å². The SMILES string of the molecule is Cc1ccc(-c2nnco2)cc1NC1CCCCC1. The molecule has 1 aliphatic rings. The minimum atomic E-state index is 0.576. The number of nitrogens with zero attached hydrogens (tertiary/aromatic N) is 2. The topological polar surface area (TPSA) is 51.0 Å². The standard InChI is InChI=1S/C15H19N3O/c1-11-7-8-12(15-18-16-10-19-15)9-14(11)17-13-5-3-2-4-6-13/h7-10,13,17H,2-6H2,1H3. The average molecular weight is 257 g/mol. The molecule has 100 valence electrons. The Kier molecular flexibility index (Phi) is 3.49. The lowest BCUT2D eigenvalue weighted by Crippen LogP contribution is -2.22. The molecular formula is C15H19N3O. The molecule has 0 bridgehead atoms. The third-order valence-corrected chi connectivity index (χ3v) is 3.81. The summed E-state index contributed by atoms with van der Waals surface area (Å²) in [5.41, 5.74) is 3.41. The highest BCUT2D eigenvalue weighted by Gasteiger charge is 2.14. The first kappa shape index (κ1) is 12.2. The summed E-state index contributed by atoms with van der Waals surface area (Å²) in [6.45, 7) is 2.13. The van der Waals surface area contributed by atoms with Crippen LogP contribution in [0, 0.1) is 6.92 Å².